The van der Waals surface area contributed by atoms with E-state index in [0.717, 1.165) is 23.0 Å². The van der Waals surface area contributed by atoms with E-state index in [0.29, 0.717) is 5.56 Å². The summed E-state index contributed by atoms with van der Waals surface area (Å²) in [7, 11) is 3.52. The van der Waals surface area contributed by atoms with Gasteiger partial charge >= 0.3 is 0 Å². The van der Waals surface area contributed by atoms with Crippen molar-refractivity contribution in [2.24, 2.45) is 7.05 Å². The molecule has 8 heteroatoms. The van der Waals surface area contributed by atoms with Crippen LogP contribution in [0.4, 0.5) is 8.78 Å². The lowest BCUT2D eigenvalue weighted by atomic mass is 10.0. The van der Waals surface area contributed by atoms with E-state index in [2.05, 4.69) is 10.2 Å². The Morgan fingerprint density at radius 3 is 2.55 bits per heavy atom. The molecule has 1 N–H and O–H groups in total. The van der Waals surface area contributed by atoms with Gasteiger partial charge in [0.1, 0.15) is 0 Å². The molecule has 2 aromatic carbocycles. The molecule has 1 amide bonds. The second kappa shape index (κ2) is 6.80. The van der Waals surface area contributed by atoms with Crippen LogP contribution < -0.4 is 5.56 Å². The number of nitrogens with one attached hydrogen (secondary N) is 1. The van der Waals surface area contributed by atoms with Crippen LogP contribution in [0.2, 0.25) is 0 Å². The van der Waals surface area contributed by atoms with Crippen LogP contribution in [0, 0.1) is 11.6 Å². The van der Waals surface area contributed by atoms with Crippen LogP contribution in [0.15, 0.2) is 47.4 Å². The van der Waals surface area contributed by atoms with Crippen LogP contribution in [0.1, 0.15) is 29.0 Å². The lowest BCUT2D eigenvalue weighted by molar-refractivity contribution is 0.0740. The number of aromatic nitrogens is 3. The largest absolute Gasteiger partial charge is 0.351 e. The summed E-state index contributed by atoms with van der Waals surface area (Å²) in [5.41, 5.74) is 1.14. The van der Waals surface area contributed by atoms with Gasteiger partial charge in [-0.3, -0.25) is 9.59 Å². The number of carbonyl (C=O) groups is 1. The zero-order valence-electron chi connectivity index (χ0n) is 16.0. The van der Waals surface area contributed by atoms with Gasteiger partial charge in [-0.05, 0) is 43.3 Å². The fourth-order valence-corrected chi connectivity index (χ4v) is 3.47. The number of hydrogen-bond donors (Lipinski definition) is 1. The highest BCUT2D eigenvalue weighted by atomic mass is 19.2. The van der Waals surface area contributed by atoms with E-state index in [-0.39, 0.29) is 22.4 Å². The van der Waals surface area contributed by atoms with Crippen LogP contribution in [0.5, 0.6) is 0 Å². The number of aromatic amines is 1. The number of nitrogens with zero attached hydrogens (tertiary/aromatic N) is 3. The highest BCUT2D eigenvalue weighted by Gasteiger charge is 2.24. The summed E-state index contributed by atoms with van der Waals surface area (Å²) in [6.45, 7) is 1.71. The molecule has 0 radical (unpaired) electrons. The molecule has 0 unspecified atom stereocenters. The van der Waals surface area contributed by atoms with E-state index < -0.39 is 23.2 Å². The topological polar surface area (TPSA) is 71.0 Å². The molecule has 0 saturated carbocycles. The van der Waals surface area contributed by atoms with Crippen molar-refractivity contribution < 1.29 is 13.6 Å². The van der Waals surface area contributed by atoms with Gasteiger partial charge in [0.2, 0.25) is 0 Å². The molecule has 0 fully saturated rings. The van der Waals surface area contributed by atoms with Crippen molar-refractivity contribution in [2.75, 3.05) is 7.05 Å². The average Bonchev–Trinajstić information content (AvgIpc) is 3.08. The molecule has 148 valence electrons. The quantitative estimate of drug-likeness (QED) is 0.576. The van der Waals surface area contributed by atoms with Crippen molar-refractivity contribution in [2.45, 2.75) is 13.0 Å². The zero-order chi connectivity index (χ0) is 20.9. The van der Waals surface area contributed by atoms with Crippen LogP contribution >= 0.6 is 0 Å². The van der Waals surface area contributed by atoms with Gasteiger partial charge in [-0.1, -0.05) is 0 Å². The molecular weight excluding hydrogens is 378 g/mol. The van der Waals surface area contributed by atoms with Crippen LogP contribution in [-0.4, -0.2) is 32.6 Å². The number of H-pyrrole nitrogens is 1. The number of benzene rings is 2. The summed E-state index contributed by atoms with van der Waals surface area (Å²) >= 11 is 0. The normalized spacial score (nSPS) is 12.4. The summed E-state index contributed by atoms with van der Waals surface area (Å²) in [6, 6.07) is 8.50. The van der Waals surface area contributed by atoms with Crippen molar-refractivity contribution in [3.8, 4) is 0 Å². The number of aryl methyl sites for hydroxylation is 1. The summed E-state index contributed by atoms with van der Waals surface area (Å²) in [4.78, 5) is 26.4. The van der Waals surface area contributed by atoms with Crippen LogP contribution in [0.3, 0.4) is 0 Å². The smallest absolute Gasteiger partial charge is 0.272 e. The van der Waals surface area contributed by atoms with E-state index in [4.69, 9.17) is 0 Å². The van der Waals surface area contributed by atoms with Gasteiger partial charge in [-0.2, -0.15) is 5.10 Å². The molecule has 0 aliphatic rings. The average molecular weight is 396 g/mol. The Hall–Kier alpha value is -3.55. The van der Waals surface area contributed by atoms with Gasteiger partial charge in [0, 0.05) is 42.1 Å². The van der Waals surface area contributed by atoms with Crippen molar-refractivity contribution in [3.63, 3.8) is 0 Å². The molecule has 4 aromatic rings. The lowest BCUT2D eigenvalue weighted by Crippen LogP contribution is -2.31. The second-order valence-corrected chi connectivity index (χ2v) is 7.04. The summed E-state index contributed by atoms with van der Waals surface area (Å²) < 4.78 is 29.3. The number of amides is 1. The minimum absolute atomic E-state index is 0.0210. The van der Waals surface area contributed by atoms with Gasteiger partial charge in [0.05, 0.1) is 17.1 Å². The van der Waals surface area contributed by atoms with Crippen molar-refractivity contribution in [1.29, 1.82) is 0 Å². The van der Waals surface area contributed by atoms with E-state index in [1.807, 2.05) is 29.9 Å². The molecule has 1 atom stereocenters. The Morgan fingerprint density at radius 1 is 1.14 bits per heavy atom. The summed E-state index contributed by atoms with van der Waals surface area (Å²) in [6.07, 6.45) is 1.91. The second-order valence-electron chi connectivity index (χ2n) is 7.04. The molecule has 0 bridgehead atoms. The molecule has 0 spiro atoms. The van der Waals surface area contributed by atoms with Gasteiger partial charge in [0.25, 0.3) is 11.5 Å². The number of hydrogen-bond acceptors (Lipinski definition) is 3. The third-order valence-corrected chi connectivity index (χ3v) is 5.29. The number of halogens is 2. The fourth-order valence-electron chi connectivity index (χ4n) is 3.47. The summed E-state index contributed by atoms with van der Waals surface area (Å²) in [5.74, 6) is -2.46. The van der Waals surface area contributed by atoms with E-state index >= 15 is 0 Å². The molecule has 2 heterocycles. The Labute approximate surface area is 164 Å². The third kappa shape index (κ3) is 3.06. The predicted octanol–water partition coefficient (Wildman–Crippen LogP) is 3.53. The first-order valence-electron chi connectivity index (χ1n) is 8.97. The first-order valence-corrected chi connectivity index (χ1v) is 8.97. The van der Waals surface area contributed by atoms with Crippen molar-refractivity contribution in [1.82, 2.24) is 19.7 Å². The van der Waals surface area contributed by atoms with Gasteiger partial charge in [0.15, 0.2) is 11.6 Å². The highest BCUT2D eigenvalue weighted by Crippen LogP contribution is 2.27. The first-order chi connectivity index (χ1) is 13.8. The number of rotatable bonds is 3. The van der Waals surface area contributed by atoms with E-state index in [1.165, 1.54) is 4.90 Å². The minimum Gasteiger partial charge on any atom is -0.351 e. The van der Waals surface area contributed by atoms with Crippen LogP contribution in [0.25, 0.3) is 21.7 Å². The molecule has 29 heavy (non-hydrogen) atoms. The zero-order valence-corrected chi connectivity index (χ0v) is 16.0. The SMILES string of the molecule is C[C@H](c1n[nH]c(=O)c2cc(F)c(F)cc12)N(C)C(=O)c1ccc2c(ccn2C)c1. The standard InChI is InChI=1S/C21H18F2N4O2/c1-11(19-14-9-16(22)17(23)10-15(14)20(28)25-24-19)27(3)21(29)13-4-5-18-12(8-13)6-7-26(18)2/h4-11H,1-3H3,(H,25,28)/t11-/m1/s1. The highest BCUT2D eigenvalue weighted by molar-refractivity contribution is 5.98. The van der Waals surface area contributed by atoms with Crippen LogP contribution in [-0.2, 0) is 7.05 Å². The molecule has 0 aliphatic carbocycles. The molecule has 4 rings (SSSR count). The molecule has 0 saturated heterocycles. The monoisotopic (exact) mass is 396 g/mol. The molecular formula is C21H18F2N4O2. The van der Waals surface area contributed by atoms with Crippen molar-refractivity contribution >= 4 is 27.6 Å². The van der Waals surface area contributed by atoms with Crippen molar-refractivity contribution in [3.05, 3.63) is 75.8 Å². The fraction of sp³-hybridized carbons (Fsp3) is 0.190. The lowest BCUT2D eigenvalue weighted by Gasteiger charge is -2.25. The van der Waals surface area contributed by atoms with E-state index in [9.17, 15) is 18.4 Å². The minimum atomic E-state index is -1.12. The predicted molar refractivity (Wildman–Crippen MR) is 106 cm³/mol. The van der Waals surface area contributed by atoms with Gasteiger partial charge in [-0.25, -0.2) is 13.9 Å². The molecule has 2 aromatic heterocycles. The maximum atomic E-state index is 13.8. The van der Waals surface area contributed by atoms with E-state index in [1.54, 1.807) is 26.1 Å². The van der Waals surface area contributed by atoms with Gasteiger partial charge in [-0.15, -0.1) is 0 Å². The Morgan fingerprint density at radius 2 is 1.83 bits per heavy atom. The maximum absolute atomic E-state index is 13.8. The summed E-state index contributed by atoms with van der Waals surface area (Å²) in [5, 5.41) is 7.38. The maximum Gasteiger partial charge on any atom is 0.272 e. The Kier molecular flexibility index (Phi) is 4.41. The number of carbonyl (C=O) groups excluding carboxylic acids is 1. The number of fused-ring (bicyclic) bond motifs is 2. The van der Waals surface area contributed by atoms with Gasteiger partial charge < -0.3 is 9.47 Å². The third-order valence-electron chi connectivity index (χ3n) is 5.29. The molecule has 6 nitrogen and oxygen atoms in total. The molecule has 0 aliphatic heterocycles. The Bertz CT molecular complexity index is 1330. The Balaban J connectivity index is 1.74. The first kappa shape index (κ1) is 18.8.